The van der Waals surface area contributed by atoms with E-state index in [9.17, 15) is 14.4 Å². The van der Waals surface area contributed by atoms with Gasteiger partial charge in [-0.25, -0.2) is 0 Å². The zero-order valence-corrected chi connectivity index (χ0v) is 11.9. The molecule has 0 heterocycles. The lowest BCUT2D eigenvalue weighted by atomic mass is 10.1. The van der Waals surface area contributed by atoms with Crippen LogP contribution in [0.25, 0.3) is 0 Å². The van der Waals surface area contributed by atoms with E-state index >= 15 is 0 Å². The van der Waals surface area contributed by atoms with Gasteiger partial charge in [-0.05, 0) is 17.1 Å². The van der Waals surface area contributed by atoms with Crippen LogP contribution in [0.2, 0.25) is 0 Å². The van der Waals surface area contributed by atoms with Gasteiger partial charge in [0.2, 0.25) is 0 Å². The van der Waals surface area contributed by atoms with Crippen molar-refractivity contribution >= 4 is 40.3 Å². The molecule has 1 atom stereocenters. The topological polar surface area (TPSA) is 69.7 Å². The summed E-state index contributed by atoms with van der Waals surface area (Å²) < 4.78 is 11.2. The van der Waals surface area contributed by atoms with Crippen molar-refractivity contribution in [3.8, 4) is 0 Å². The van der Waals surface area contributed by atoms with Gasteiger partial charge >= 0.3 is 11.9 Å². The summed E-state index contributed by atoms with van der Waals surface area (Å²) in [4.78, 5) is 33.4. The highest BCUT2D eigenvalue weighted by molar-refractivity contribution is 14.1. The third kappa shape index (κ3) is 8.84. The van der Waals surface area contributed by atoms with Crippen LogP contribution >= 0.6 is 22.6 Å². The molecule has 17 heavy (non-hydrogen) atoms. The highest BCUT2D eigenvalue weighted by Gasteiger charge is 2.20. The Kier molecular flexibility index (Phi) is 8.65. The summed E-state index contributed by atoms with van der Waals surface area (Å²) >= 11 is 1.91. The Bertz CT molecular complexity index is 311. The maximum absolute atomic E-state index is 11.3. The molecule has 0 aliphatic carbocycles. The molecule has 5 nitrogen and oxygen atoms in total. The summed E-state index contributed by atoms with van der Waals surface area (Å²) in [6.45, 7) is 3.17. The first kappa shape index (κ1) is 16.1. The zero-order valence-electron chi connectivity index (χ0n) is 9.77. The summed E-state index contributed by atoms with van der Waals surface area (Å²) in [6.07, 6.45) is 0.487. The molecular formula is C11H15IO5. The number of carbonyl (C=O) groups excluding carboxylic acids is 3. The summed E-state index contributed by atoms with van der Waals surface area (Å²) in [5.41, 5.74) is 0. The lowest BCUT2D eigenvalue weighted by Crippen LogP contribution is -2.24. The Hall–Kier alpha value is -0.920. The highest BCUT2D eigenvalue weighted by Crippen LogP contribution is 2.08. The average molecular weight is 354 g/mol. The van der Waals surface area contributed by atoms with Crippen LogP contribution in [0.1, 0.15) is 26.7 Å². The van der Waals surface area contributed by atoms with Crippen molar-refractivity contribution in [1.82, 2.24) is 0 Å². The molecule has 0 aromatic heterocycles. The number of esters is 2. The number of hydrogen-bond donors (Lipinski definition) is 0. The molecule has 0 saturated carbocycles. The van der Waals surface area contributed by atoms with Crippen LogP contribution in [0.15, 0.2) is 10.2 Å². The molecule has 0 unspecified atom stereocenters. The van der Waals surface area contributed by atoms with Gasteiger partial charge in [-0.2, -0.15) is 0 Å². The Morgan fingerprint density at radius 3 is 2.41 bits per heavy atom. The van der Waals surface area contributed by atoms with Crippen molar-refractivity contribution in [3.05, 3.63) is 10.2 Å². The largest absolute Gasteiger partial charge is 0.466 e. The van der Waals surface area contributed by atoms with Crippen molar-refractivity contribution in [1.29, 1.82) is 0 Å². The standard InChI is InChI=1S/C11H15IO5/c1-3-16-11(15)7-10(17-8(2)13)6-9(14)4-5-12/h4-5,10H,3,6-7H2,1-2H3/t10-/m1/s1. The number of carbonyl (C=O) groups is 3. The van der Waals surface area contributed by atoms with Gasteiger partial charge in [0, 0.05) is 13.3 Å². The van der Waals surface area contributed by atoms with Crippen LogP contribution in [0.4, 0.5) is 0 Å². The van der Waals surface area contributed by atoms with Gasteiger partial charge in [-0.15, -0.1) is 0 Å². The number of ketones is 1. The van der Waals surface area contributed by atoms with E-state index in [4.69, 9.17) is 9.47 Å². The van der Waals surface area contributed by atoms with E-state index in [1.165, 1.54) is 13.0 Å². The van der Waals surface area contributed by atoms with Gasteiger partial charge in [0.25, 0.3) is 0 Å². The second-order valence-corrected chi connectivity index (χ2v) is 3.92. The van der Waals surface area contributed by atoms with Crippen LogP contribution in [0.3, 0.4) is 0 Å². The molecular weight excluding hydrogens is 339 g/mol. The molecule has 0 rings (SSSR count). The number of rotatable bonds is 7. The molecule has 0 saturated heterocycles. The van der Waals surface area contributed by atoms with Gasteiger partial charge in [-0.1, -0.05) is 22.6 Å². The fourth-order valence-electron chi connectivity index (χ4n) is 1.16. The third-order valence-corrected chi connectivity index (χ3v) is 2.07. The fourth-order valence-corrected chi connectivity index (χ4v) is 1.56. The fraction of sp³-hybridized carbons (Fsp3) is 0.545. The SMILES string of the molecule is CCOC(=O)C[C@@H](CC(=O)C=CI)OC(C)=O. The molecule has 0 amide bonds. The zero-order chi connectivity index (χ0) is 13.3. The lowest BCUT2D eigenvalue weighted by Gasteiger charge is -2.14. The molecule has 0 bridgehead atoms. The first-order valence-electron chi connectivity index (χ1n) is 5.12. The monoisotopic (exact) mass is 354 g/mol. The number of hydrogen-bond acceptors (Lipinski definition) is 5. The summed E-state index contributed by atoms with van der Waals surface area (Å²) in [5.74, 6) is -1.20. The molecule has 0 aromatic carbocycles. The Labute approximate surface area is 114 Å². The number of ether oxygens (including phenoxy) is 2. The van der Waals surface area contributed by atoms with E-state index in [0.717, 1.165) is 0 Å². The Morgan fingerprint density at radius 2 is 1.94 bits per heavy atom. The number of allylic oxidation sites excluding steroid dienone is 1. The van der Waals surface area contributed by atoms with E-state index in [1.54, 1.807) is 11.0 Å². The molecule has 0 spiro atoms. The van der Waals surface area contributed by atoms with Gasteiger partial charge in [0.05, 0.1) is 13.0 Å². The molecule has 96 valence electrons. The number of halogens is 1. The maximum Gasteiger partial charge on any atom is 0.309 e. The van der Waals surface area contributed by atoms with Crippen molar-refractivity contribution in [2.45, 2.75) is 32.8 Å². The minimum atomic E-state index is -0.758. The third-order valence-electron chi connectivity index (χ3n) is 1.71. The van der Waals surface area contributed by atoms with Crippen LogP contribution in [0, 0.1) is 0 Å². The highest BCUT2D eigenvalue weighted by atomic mass is 127. The summed E-state index contributed by atoms with van der Waals surface area (Å²) in [6, 6.07) is 0. The Morgan fingerprint density at radius 1 is 1.29 bits per heavy atom. The van der Waals surface area contributed by atoms with Gasteiger partial charge < -0.3 is 9.47 Å². The van der Waals surface area contributed by atoms with E-state index < -0.39 is 18.0 Å². The van der Waals surface area contributed by atoms with E-state index in [0.29, 0.717) is 0 Å². The normalized spacial score (nSPS) is 12.2. The van der Waals surface area contributed by atoms with Crippen LogP contribution < -0.4 is 0 Å². The van der Waals surface area contributed by atoms with E-state index in [1.807, 2.05) is 22.6 Å². The average Bonchev–Trinajstić information content (AvgIpc) is 2.16. The maximum atomic E-state index is 11.3. The quantitative estimate of drug-likeness (QED) is 0.396. The van der Waals surface area contributed by atoms with Crippen molar-refractivity contribution in [3.63, 3.8) is 0 Å². The smallest absolute Gasteiger partial charge is 0.309 e. The predicted octanol–water partition coefficient (Wildman–Crippen LogP) is 1.78. The van der Waals surface area contributed by atoms with E-state index in [2.05, 4.69) is 0 Å². The summed E-state index contributed by atoms with van der Waals surface area (Å²) in [5, 5.41) is 0. The molecule has 6 heteroatoms. The van der Waals surface area contributed by atoms with Crippen molar-refractivity contribution in [2.75, 3.05) is 6.61 Å². The van der Waals surface area contributed by atoms with Crippen molar-refractivity contribution < 1.29 is 23.9 Å². The molecule has 0 N–H and O–H groups in total. The Balaban J connectivity index is 4.37. The second-order valence-electron chi connectivity index (χ2n) is 3.20. The first-order chi connectivity index (χ1) is 7.99. The molecule has 0 aliphatic heterocycles. The minimum Gasteiger partial charge on any atom is -0.466 e. The van der Waals surface area contributed by atoms with Crippen LogP contribution in [-0.2, 0) is 23.9 Å². The molecule has 0 aromatic rings. The van der Waals surface area contributed by atoms with Crippen LogP contribution in [0.5, 0.6) is 0 Å². The van der Waals surface area contributed by atoms with E-state index in [-0.39, 0.29) is 25.2 Å². The summed E-state index contributed by atoms with van der Waals surface area (Å²) in [7, 11) is 0. The molecule has 0 aliphatic rings. The van der Waals surface area contributed by atoms with Gasteiger partial charge in [0.1, 0.15) is 6.10 Å². The minimum absolute atomic E-state index is 0.0160. The molecule has 0 fully saturated rings. The lowest BCUT2D eigenvalue weighted by molar-refractivity contribution is -0.153. The van der Waals surface area contributed by atoms with Gasteiger partial charge in [-0.3, -0.25) is 14.4 Å². The predicted molar refractivity (Wildman–Crippen MR) is 69.6 cm³/mol. The van der Waals surface area contributed by atoms with Crippen LogP contribution in [-0.4, -0.2) is 30.4 Å². The van der Waals surface area contributed by atoms with Crippen molar-refractivity contribution in [2.24, 2.45) is 0 Å². The molecule has 0 radical (unpaired) electrons. The second kappa shape index (κ2) is 9.15. The van der Waals surface area contributed by atoms with Gasteiger partial charge in [0.15, 0.2) is 5.78 Å². The first-order valence-corrected chi connectivity index (χ1v) is 6.36.